The molecule has 0 aliphatic carbocycles. The summed E-state index contributed by atoms with van der Waals surface area (Å²) in [4.78, 5) is 24.5. The number of rotatable bonds is 55. The van der Waals surface area contributed by atoms with Crippen LogP contribution >= 0.6 is 0 Å². The van der Waals surface area contributed by atoms with Crippen LogP contribution in [0.1, 0.15) is 316 Å². The van der Waals surface area contributed by atoms with Gasteiger partial charge < -0.3 is 20.3 Å². The summed E-state index contributed by atoms with van der Waals surface area (Å²) in [5, 5.41) is 23.0. The van der Waals surface area contributed by atoms with E-state index in [0.717, 1.165) is 51.4 Å². The van der Waals surface area contributed by atoms with Gasteiger partial charge in [-0.3, -0.25) is 9.59 Å². The quantitative estimate of drug-likeness (QED) is 0.0321. The number of aliphatic hydroxyl groups excluding tert-OH is 2. The number of nitrogens with one attached hydrogen (secondary N) is 1. The van der Waals surface area contributed by atoms with Crippen LogP contribution in [0, 0.1) is 0 Å². The molecule has 2 unspecified atom stereocenters. The Morgan fingerprint density at radius 1 is 0.418 bits per heavy atom. The number of aliphatic hydroxyl groups is 2. The largest absolute Gasteiger partial charge is 0.466 e. The van der Waals surface area contributed by atoms with Crippen LogP contribution in [-0.2, 0) is 14.3 Å². The van der Waals surface area contributed by atoms with E-state index in [1.807, 2.05) is 6.08 Å². The molecule has 0 saturated heterocycles. The monoisotopic (exact) mass is 942 g/mol. The van der Waals surface area contributed by atoms with E-state index in [0.29, 0.717) is 19.4 Å². The van der Waals surface area contributed by atoms with E-state index in [1.165, 1.54) is 238 Å². The smallest absolute Gasteiger partial charge is 0.305 e. The van der Waals surface area contributed by atoms with Gasteiger partial charge in [0.1, 0.15) is 0 Å². The van der Waals surface area contributed by atoms with Gasteiger partial charge in [-0.1, -0.05) is 275 Å². The molecule has 0 aliphatic rings. The number of esters is 1. The molecule has 0 aromatic carbocycles. The fourth-order valence-corrected chi connectivity index (χ4v) is 9.08. The normalized spacial score (nSPS) is 12.8. The molecule has 0 bridgehead atoms. The fraction of sp³-hybridized carbons (Fsp3) is 0.869. The van der Waals surface area contributed by atoms with Gasteiger partial charge in [0.15, 0.2) is 0 Å². The predicted molar refractivity (Wildman–Crippen MR) is 292 cm³/mol. The zero-order valence-electron chi connectivity index (χ0n) is 44.9. The van der Waals surface area contributed by atoms with Crippen molar-refractivity contribution < 1.29 is 24.5 Å². The average molecular weight is 943 g/mol. The Balaban J connectivity index is 3.38. The zero-order valence-corrected chi connectivity index (χ0v) is 44.9. The number of unbranched alkanes of at least 4 members (excludes halogenated alkanes) is 40. The van der Waals surface area contributed by atoms with Crippen LogP contribution < -0.4 is 5.32 Å². The van der Waals surface area contributed by atoms with Crippen LogP contribution in [0.2, 0.25) is 0 Å². The second-order valence-electron chi connectivity index (χ2n) is 20.3. The van der Waals surface area contributed by atoms with Crippen molar-refractivity contribution in [2.75, 3.05) is 13.2 Å². The van der Waals surface area contributed by atoms with Crippen molar-refractivity contribution in [2.24, 2.45) is 0 Å². The standard InChI is InChI=1S/C61H115NO5/c1-3-5-7-9-11-13-15-16-17-18-25-28-31-35-39-43-47-51-55-61(66)67-56-52-48-44-40-36-32-29-26-23-21-19-20-22-24-27-30-34-38-42-46-50-54-60(65)62-58(57-63)59(64)53-49-45-41-37-33-14-12-10-8-6-4-2/h13,15,17-18,49,53,58-59,63-64H,3-12,14,16,19-48,50-52,54-57H2,1-2H3,(H,62,65)/b15-13-,18-17-,53-49+. The van der Waals surface area contributed by atoms with Crippen molar-refractivity contribution in [2.45, 2.75) is 328 Å². The van der Waals surface area contributed by atoms with Gasteiger partial charge in [-0.15, -0.1) is 0 Å². The summed E-state index contributed by atoms with van der Waals surface area (Å²) in [7, 11) is 0. The number of hydrogen-bond donors (Lipinski definition) is 3. The van der Waals surface area contributed by atoms with E-state index in [4.69, 9.17) is 4.74 Å². The maximum absolute atomic E-state index is 12.4. The van der Waals surface area contributed by atoms with Crippen molar-refractivity contribution in [3.63, 3.8) is 0 Å². The average Bonchev–Trinajstić information content (AvgIpc) is 3.33. The minimum Gasteiger partial charge on any atom is -0.466 e. The molecule has 2 atom stereocenters. The minimum atomic E-state index is -0.844. The highest BCUT2D eigenvalue weighted by atomic mass is 16.5. The summed E-state index contributed by atoms with van der Waals surface area (Å²) in [5.74, 6) is -0.0663. The van der Waals surface area contributed by atoms with Crippen LogP contribution in [0.5, 0.6) is 0 Å². The molecule has 0 radical (unpaired) electrons. The summed E-state index contributed by atoms with van der Waals surface area (Å²) < 4.78 is 5.49. The van der Waals surface area contributed by atoms with Gasteiger partial charge in [0, 0.05) is 12.8 Å². The lowest BCUT2D eigenvalue weighted by atomic mass is 10.0. The Hall–Kier alpha value is -1.92. The molecule has 6 heteroatoms. The predicted octanol–water partition coefficient (Wildman–Crippen LogP) is 18.4. The number of hydrogen-bond acceptors (Lipinski definition) is 5. The molecule has 1 amide bonds. The first-order valence-electron chi connectivity index (χ1n) is 29.8. The number of carbonyl (C=O) groups excluding carboxylic acids is 2. The van der Waals surface area contributed by atoms with Gasteiger partial charge in [-0.25, -0.2) is 0 Å². The van der Waals surface area contributed by atoms with Crippen molar-refractivity contribution in [3.05, 3.63) is 36.5 Å². The van der Waals surface area contributed by atoms with Crippen molar-refractivity contribution in [1.29, 1.82) is 0 Å². The third-order valence-corrected chi connectivity index (χ3v) is 13.7. The van der Waals surface area contributed by atoms with Gasteiger partial charge in [0.05, 0.1) is 25.4 Å². The molecule has 0 saturated carbocycles. The van der Waals surface area contributed by atoms with Gasteiger partial charge in [0.25, 0.3) is 0 Å². The maximum Gasteiger partial charge on any atom is 0.305 e. The molecular formula is C61H115NO5. The van der Waals surface area contributed by atoms with E-state index >= 15 is 0 Å². The molecule has 0 fully saturated rings. The Morgan fingerprint density at radius 3 is 1.15 bits per heavy atom. The number of carbonyl (C=O) groups is 2. The summed E-state index contributed by atoms with van der Waals surface area (Å²) in [6.07, 6.45) is 70.3. The Bertz CT molecular complexity index is 1090. The number of ether oxygens (including phenoxy) is 1. The van der Waals surface area contributed by atoms with E-state index in [2.05, 4.69) is 43.5 Å². The third-order valence-electron chi connectivity index (χ3n) is 13.7. The number of allylic oxidation sites excluding steroid dienone is 5. The highest BCUT2D eigenvalue weighted by molar-refractivity contribution is 5.76. The summed E-state index contributed by atoms with van der Waals surface area (Å²) in [6.45, 7) is 4.87. The lowest BCUT2D eigenvalue weighted by Gasteiger charge is -2.20. The first-order valence-corrected chi connectivity index (χ1v) is 29.8. The van der Waals surface area contributed by atoms with Crippen LogP contribution in [0.3, 0.4) is 0 Å². The Kier molecular flexibility index (Phi) is 55.0. The molecule has 0 aliphatic heterocycles. The first-order chi connectivity index (χ1) is 33.0. The zero-order chi connectivity index (χ0) is 48.6. The molecule has 6 nitrogen and oxygen atoms in total. The van der Waals surface area contributed by atoms with Crippen molar-refractivity contribution in [1.82, 2.24) is 5.32 Å². The minimum absolute atomic E-state index is 0.00381. The molecule has 67 heavy (non-hydrogen) atoms. The second-order valence-corrected chi connectivity index (χ2v) is 20.3. The highest BCUT2D eigenvalue weighted by Gasteiger charge is 2.18. The van der Waals surface area contributed by atoms with Crippen LogP contribution in [0.25, 0.3) is 0 Å². The van der Waals surface area contributed by atoms with Gasteiger partial charge in [-0.05, 0) is 64.2 Å². The van der Waals surface area contributed by atoms with Crippen molar-refractivity contribution >= 4 is 11.9 Å². The van der Waals surface area contributed by atoms with Crippen LogP contribution in [0.4, 0.5) is 0 Å². The lowest BCUT2D eigenvalue weighted by Crippen LogP contribution is -2.45. The Morgan fingerprint density at radius 2 is 0.746 bits per heavy atom. The molecule has 394 valence electrons. The molecule has 3 N–H and O–H groups in total. The van der Waals surface area contributed by atoms with Gasteiger partial charge in [0.2, 0.25) is 5.91 Å². The molecule has 0 spiro atoms. The summed E-state index contributed by atoms with van der Waals surface area (Å²) >= 11 is 0. The second kappa shape index (κ2) is 56.7. The molecule has 0 rings (SSSR count). The summed E-state index contributed by atoms with van der Waals surface area (Å²) in [5.41, 5.74) is 0. The summed E-state index contributed by atoms with van der Waals surface area (Å²) in [6, 6.07) is -0.627. The topological polar surface area (TPSA) is 95.9 Å². The first kappa shape index (κ1) is 65.1. The van der Waals surface area contributed by atoms with E-state index in [9.17, 15) is 19.8 Å². The van der Waals surface area contributed by atoms with Crippen LogP contribution in [0.15, 0.2) is 36.5 Å². The molecule has 0 aromatic heterocycles. The lowest BCUT2D eigenvalue weighted by molar-refractivity contribution is -0.143. The van der Waals surface area contributed by atoms with Gasteiger partial charge >= 0.3 is 5.97 Å². The van der Waals surface area contributed by atoms with E-state index in [-0.39, 0.29) is 18.5 Å². The Labute approximate surface area is 417 Å². The highest BCUT2D eigenvalue weighted by Crippen LogP contribution is 2.17. The molecular weight excluding hydrogens is 827 g/mol. The van der Waals surface area contributed by atoms with E-state index in [1.54, 1.807) is 6.08 Å². The van der Waals surface area contributed by atoms with Crippen molar-refractivity contribution in [3.8, 4) is 0 Å². The van der Waals surface area contributed by atoms with Crippen LogP contribution in [-0.4, -0.2) is 47.4 Å². The molecule has 0 heterocycles. The van der Waals surface area contributed by atoms with Gasteiger partial charge in [-0.2, -0.15) is 0 Å². The number of amides is 1. The van der Waals surface area contributed by atoms with E-state index < -0.39 is 12.1 Å². The third kappa shape index (κ3) is 53.3. The SMILES string of the molecule is CCCCCC/C=C\C/C=C\CCCCCCCCCC(=O)OCCCCCCCCCCCCCCCCCCCCCCCC(=O)NC(CO)C(O)/C=C/CCCCCCCCCCC. The maximum atomic E-state index is 12.4. The molecule has 0 aromatic rings. The fourth-order valence-electron chi connectivity index (χ4n) is 9.08.